The fourth-order valence-electron chi connectivity index (χ4n) is 4.32. The average molecular weight is 475 g/mol. The van der Waals surface area contributed by atoms with E-state index in [1.54, 1.807) is 26.1 Å². The third-order valence-corrected chi connectivity index (χ3v) is 7.77. The molecule has 0 unspecified atom stereocenters. The standard InChI is InChI=1S/C27H26N2O4S/c1-17-11-18(2)26(19(3)12-17)34(31,32)29-16-22(13-25(29)27(30)33-5)23-14-24(28-15-20(23)4)21-9-7-6-8-10-21/h6-16H,1-5H3. The largest absolute Gasteiger partial charge is 0.464 e. The Labute approximate surface area is 199 Å². The summed E-state index contributed by atoms with van der Waals surface area (Å²) in [7, 11) is -2.83. The van der Waals surface area contributed by atoms with Gasteiger partial charge in [0, 0.05) is 23.5 Å². The maximum absolute atomic E-state index is 13.8. The first-order valence-corrected chi connectivity index (χ1v) is 12.2. The lowest BCUT2D eigenvalue weighted by atomic mass is 10.0. The highest BCUT2D eigenvalue weighted by atomic mass is 32.2. The number of rotatable bonds is 5. The number of esters is 1. The van der Waals surface area contributed by atoms with Crippen LogP contribution in [0.25, 0.3) is 22.4 Å². The Balaban J connectivity index is 1.93. The maximum Gasteiger partial charge on any atom is 0.355 e. The summed E-state index contributed by atoms with van der Waals surface area (Å²) in [6.45, 7) is 7.33. The van der Waals surface area contributed by atoms with Crippen LogP contribution < -0.4 is 0 Å². The Morgan fingerprint density at radius 1 is 0.882 bits per heavy atom. The molecule has 0 spiro atoms. The molecular formula is C27H26N2O4S. The molecule has 0 aliphatic rings. The second-order valence-corrected chi connectivity index (χ2v) is 10.1. The summed E-state index contributed by atoms with van der Waals surface area (Å²) in [4.78, 5) is 17.3. The number of aromatic nitrogens is 2. The predicted octanol–water partition coefficient (Wildman–Crippen LogP) is 5.47. The van der Waals surface area contributed by atoms with Crippen LogP contribution in [0.5, 0.6) is 0 Å². The molecule has 0 atom stereocenters. The van der Waals surface area contributed by atoms with Crippen molar-refractivity contribution in [2.45, 2.75) is 32.6 Å². The van der Waals surface area contributed by atoms with E-state index in [0.29, 0.717) is 16.7 Å². The fraction of sp³-hybridized carbons (Fsp3) is 0.185. The molecule has 6 nitrogen and oxygen atoms in total. The van der Waals surface area contributed by atoms with Crippen LogP contribution in [0.2, 0.25) is 0 Å². The van der Waals surface area contributed by atoms with Crippen molar-refractivity contribution >= 4 is 16.0 Å². The molecule has 34 heavy (non-hydrogen) atoms. The number of hydrogen-bond acceptors (Lipinski definition) is 5. The molecule has 174 valence electrons. The van der Waals surface area contributed by atoms with Crippen molar-refractivity contribution in [2.24, 2.45) is 0 Å². The van der Waals surface area contributed by atoms with Gasteiger partial charge in [-0.2, -0.15) is 0 Å². The zero-order chi connectivity index (χ0) is 24.6. The van der Waals surface area contributed by atoms with Crippen LogP contribution in [-0.4, -0.2) is 30.5 Å². The smallest absolute Gasteiger partial charge is 0.355 e. The molecule has 2 heterocycles. The van der Waals surface area contributed by atoms with Crippen molar-refractivity contribution in [3.8, 4) is 22.4 Å². The Morgan fingerprint density at radius 3 is 2.15 bits per heavy atom. The summed E-state index contributed by atoms with van der Waals surface area (Å²) in [5.74, 6) is -0.729. The van der Waals surface area contributed by atoms with E-state index in [9.17, 15) is 13.2 Å². The summed E-state index contributed by atoms with van der Waals surface area (Å²) in [6, 6.07) is 16.8. The van der Waals surface area contributed by atoms with Crippen LogP contribution in [-0.2, 0) is 14.8 Å². The van der Waals surface area contributed by atoms with Gasteiger partial charge in [0.2, 0.25) is 0 Å². The first kappa shape index (κ1) is 23.4. The third kappa shape index (κ3) is 4.15. The van der Waals surface area contributed by atoms with Gasteiger partial charge in [-0.3, -0.25) is 4.98 Å². The number of methoxy groups -OCH3 is 1. The Morgan fingerprint density at radius 2 is 1.53 bits per heavy atom. The van der Waals surface area contributed by atoms with Crippen molar-refractivity contribution in [1.82, 2.24) is 8.96 Å². The van der Waals surface area contributed by atoms with E-state index in [2.05, 4.69) is 4.98 Å². The zero-order valence-corrected chi connectivity index (χ0v) is 20.6. The van der Waals surface area contributed by atoms with E-state index in [1.165, 1.54) is 13.3 Å². The molecule has 0 aliphatic carbocycles. The van der Waals surface area contributed by atoms with Crippen LogP contribution in [0.4, 0.5) is 0 Å². The number of ether oxygens (including phenoxy) is 1. The predicted molar refractivity (Wildman–Crippen MR) is 132 cm³/mol. The number of nitrogens with zero attached hydrogens (tertiary/aromatic N) is 2. The molecule has 2 aromatic carbocycles. The quantitative estimate of drug-likeness (QED) is 0.358. The lowest BCUT2D eigenvalue weighted by molar-refractivity contribution is 0.0593. The molecule has 0 bridgehead atoms. The number of benzene rings is 2. The van der Waals surface area contributed by atoms with Gasteiger partial charge in [-0.25, -0.2) is 17.2 Å². The molecule has 0 amide bonds. The number of hydrogen-bond donors (Lipinski definition) is 0. The topological polar surface area (TPSA) is 78.3 Å². The zero-order valence-electron chi connectivity index (χ0n) is 19.8. The van der Waals surface area contributed by atoms with Gasteiger partial charge < -0.3 is 4.74 Å². The maximum atomic E-state index is 13.8. The Bertz CT molecular complexity index is 1480. The van der Waals surface area contributed by atoms with Crippen molar-refractivity contribution in [3.63, 3.8) is 0 Å². The van der Waals surface area contributed by atoms with Gasteiger partial charge in [0.15, 0.2) is 0 Å². The number of carbonyl (C=O) groups excluding carboxylic acids is 1. The summed E-state index contributed by atoms with van der Waals surface area (Å²) in [5.41, 5.74) is 6.06. The van der Waals surface area contributed by atoms with E-state index in [4.69, 9.17) is 4.74 Å². The van der Waals surface area contributed by atoms with Gasteiger partial charge in [-0.05, 0) is 62.1 Å². The van der Waals surface area contributed by atoms with Crippen molar-refractivity contribution in [2.75, 3.05) is 7.11 Å². The van der Waals surface area contributed by atoms with Crippen molar-refractivity contribution in [1.29, 1.82) is 0 Å². The van der Waals surface area contributed by atoms with E-state index >= 15 is 0 Å². The van der Waals surface area contributed by atoms with Crippen molar-refractivity contribution < 1.29 is 17.9 Å². The molecule has 2 aromatic heterocycles. The number of pyridine rings is 1. The minimum Gasteiger partial charge on any atom is -0.464 e. The molecule has 4 rings (SSSR count). The SMILES string of the molecule is COC(=O)c1cc(-c2cc(-c3ccccc3)ncc2C)cn1S(=O)(=O)c1c(C)cc(C)cc1C. The van der Waals surface area contributed by atoms with Crippen LogP contribution in [0.15, 0.2) is 71.9 Å². The minimum atomic E-state index is -4.06. The molecule has 0 fully saturated rings. The molecule has 0 saturated carbocycles. The lowest BCUT2D eigenvalue weighted by Gasteiger charge is -2.14. The molecular weight excluding hydrogens is 448 g/mol. The molecule has 7 heteroatoms. The van der Waals surface area contributed by atoms with Crippen LogP contribution in [0.1, 0.15) is 32.7 Å². The van der Waals surface area contributed by atoms with Crippen LogP contribution in [0.3, 0.4) is 0 Å². The highest BCUT2D eigenvalue weighted by Gasteiger charge is 2.28. The third-order valence-electron chi connectivity index (χ3n) is 5.79. The first-order valence-electron chi connectivity index (χ1n) is 10.8. The first-order chi connectivity index (χ1) is 16.1. The van der Waals surface area contributed by atoms with Crippen LogP contribution in [0, 0.1) is 27.7 Å². The molecule has 0 radical (unpaired) electrons. The summed E-state index contributed by atoms with van der Waals surface area (Å²) in [6.07, 6.45) is 3.23. The minimum absolute atomic E-state index is 0.0608. The van der Waals surface area contributed by atoms with Gasteiger partial charge in [0.1, 0.15) is 5.69 Å². The second-order valence-electron chi connectivity index (χ2n) is 8.38. The normalized spacial score (nSPS) is 11.4. The lowest BCUT2D eigenvalue weighted by Crippen LogP contribution is -2.20. The summed E-state index contributed by atoms with van der Waals surface area (Å²) < 4.78 is 33.5. The highest BCUT2D eigenvalue weighted by molar-refractivity contribution is 7.90. The van der Waals surface area contributed by atoms with Gasteiger partial charge in [0.05, 0.1) is 17.7 Å². The van der Waals surface area contributed by atoms with Gasteiger partial charge in [-0.15, -0.1) is 0 Å². The van der Waals surface area contributed by atoms with E-state index in [-0.39, 0.29) is 10.6 Å². The van der Waals surface area contributed by atoms with Crippen molar-refractivity contribution in [3.05, 3.63) is 94.9 Å². The molecule has 4 aromatic rings. The Hall–Kier alpha value is -3.71. The monoisotopic (exact) mass is 474 g/mol. The summed E-state index contributed by atoms with van der Waals surface area (Å²) >= 11 is 0. The Kier molecular flexibility index (Phi) is 6.15. The molecule has 0 N–H and O–H groups in total. The highest BCUT2D eigenvalue weighted by Crippen LogP contribution is 2.32. The molecule has 0 aliphatic heterocycles. The van der Waals surface area contributed by atoms with Gasteiger partial charge in [0.25, 0.3) is 10.0 Å². The van der Waals surface area contributed by atoms with E-state index < -0.39 is 16.0 Å². The van der Waals surface area contributed by atoms with E-state index in [0.717, 1.165) is 31.9 Å². The van der Waals surface area contributed by atoms with Crippen LogP contribution >= 0.6 is 0 Å². The fourth-order valence-corrected chi connectivity index (χ4v) is 6.08. The summed E-state index contributed by atoms with van der Waals surface area (Å²) in [5, 5.41) is 0. The van der Waals surface area contributed by atoms with E-state index in [1.807, 2.05) is 62.4 Å². The number of carbonyl (C=O) groups is 1. The average Bonchev–Trinajstić information content (AvgIpc) is 3.25. The van der Waals surface area contributed by atoms with Gasteiger partial charge in [-0.1, -0.05) is 48.0 Å². The molecule has 0 saturated heterocycles. The number of aryl methyl sites for hydroxylation is 4. The second kappa shape index (κ2) is 8.91. The van der Waals surface area contributed by atoms with Gasteiger partial charge >= 0.3 is 5.97 Å².